The molecule has 1 heterocycles. The molecule has 3 atom stereocenters. The highest BCUT2D eigenvalue weighted by Crippen LogP contribution is 2.37. The molecule has 3 rings (SSSR count). The van der Waals surface area contributed by atoms with Gasteiger partial charge in [0.2, 0.25) is 5.91 Å². The average Bonchev–Trinajstić information content (AvgIpc) is 3.04. The Bertz CT molecular complexity index is 581. The number of likely N-dealkylation sites (tertiary alicyclic amines) is 1. The molecular formula is C19H25NO3. The molecule has 1 aromatic rings. The molecule has 1 N–H and O–H groups in total. The fourth-order valence-electron chi connectivity index (χ4n) is 4.04. The highest BCUT2D eigenvalue weighted by Gasteiger charge is 2.37. The van der Waals surface area contributed by atoms with Crippen LogP contribution in [-0.2, 0) is 9.59 Å². The van der Waals surface area contributed by atoms with E-state index in [9.17, 15) is 14.7 Å². The smallest absolute Gasteiger partial charge is 0.306 e. The topological polar surface area (TPSA) is 57.6 Å². The standard InChI is InChI=1S/C19H25NO3/c1-13-7-9-14(10-8-13)17-6-3-11-20(17)18(21)15-4-2-5-16(12-15)19(22)23/h7-10,15-17H,2-6,11-12H2,1H3,(H,22,23). The lowest BCUT2D eigenvalue weighted by Gasteiger charge is -2.32. The minimum Gasteiger partial charge on any atom is -0.481 e. The van der Waals surface area contributed by atoms with Gasteiger partial charge in [-0.3, -0.25) is 9.59 Å². The van der Waals surface area contributed by atoms with Crippen LogP contribution in [0, 0.1) is 18.8 Å². The Morgan fingerprint density at radius 2 is 1.74 bits per heavy atom. The number of rotatable bonds is 3. The van der Waals surface area contributed by atoms with Gasteiger partial charge in [0.1, 0.15) is 0 Å². The second kappa shape index (κ2) is 6.73. The first-order valence-electron chi connectivity index (χ1n) is 8.66. The Hall–Kier alpha value is -1.84. The first kappa shape index (κ1) is 16.0. The fourth-order valence-corrected chi connectivity index (χ4v) is 4.04. The second-order valence-corrected chi connectivity index (χ2v) is 7.00. The third-order valence-corrected chi connectivity index (χ3v) is 5.37. The van der Waals surface area contributed by atoms with Crippen LogP contribution in [0.4, 0.5) is 0 Å². The van der Waals surface area contributed by atoms with Crippen molar-refractivity contribution < 1.29 is 14.7 Å². The van der Waals surface area contributed by atoms with Gasteiger partial charge in [-0.2, -0.15) is 0 Å². The Morgan fingerprint density at radius 1 is 1.04 bits per heavy atom. The maximum absolute atomic E-state index is 13.0. The van der Waals surface area contributed by atoms with E-state index in [0.717, 1.165) is 32.2 Å². The van der Waals surface area contributed by atoms with Gasteiger partial charge in [0, 0.05) is 12.5 Å². The number of aryl methyl sites for hydroxylation is 1. The van der Waals surface area contributed by atoms with Crippen LogP contribution in [0.5, 0.6) is 0 Å². The van der Waals surface area contributed by atoms with E-state index in [-0.39, 0.29) is 23.8 Å². The summed E-state index contributed by atoms with van der Waals surface area (Å²) in [5.41, 5.74) is 2.42. The summed E-state index contributed by atoms with van der Waals surface area (Å²) in [7, 11) is 0. The largest absolute Gasteiger partial charge is 0.481 e. The van der Waals surface area contributed by atoms with Gasteiger partial charge in [0.05, 0.1) is 12.0 Å². The minimum atomic E-state index is -0.751. The number of hydrogen-bond donors (Lipinski definition) is 1. The number of carbonyl (C=O) groups is 2. The molecule has 1 amide bonds. The zero-order chi connectivity index (χ0) is 16.4. The van der Waals surface area contributed by atoms with Crippen molar-refractivity contribution in [1.29, 1.82) is 0 Å². The molecule has 0 spiro atoms. The van der Waals surface area contributed by atoms with Gasteiger partial charge in [-0.05, 0) is 44.6 Å². The van der Waals surface area contributed by atoms with Gasteiger partial charge in [0.15, 0.2) is 0 Å². The first-order chi connectivity index (χ1) is 11.1. The van der Waals surface area contributed by atoms with Gasteiger partial charge in [-0.15, -0.1) is 0 Å². The number of carboxylic acid groups (broad SMARTS) is 1. The van der Waals surface area contributed by atoms with Crippen LogP contribution < -0.4 is 0 Å². The molecule has 1 aliphatic carbocycles. The molecule has 1 aliphatic heterocycles. The third-order valence-electron chi connectivity index (χ3n) is 5.37. The molecule has 0 aromatic heterocycles. The Morgan fingerprint density at radius 3 is 2.43 bits per heavy atom. The Kier molecular flexibility index (Phi) is 4.69. The molecule has 4 heteroatoms. The number of hydrogen-bond acceptors (Lipinski definition) is 2. The highest BCUT2D eigenvalue weighted by molar-refractivity contribution is 5.81. The molecule has 0 bridgehead atoms. The molecule has 4 nitrogen and oxygen atoms in total. The van der Waals surface area contributed by atoms with E-state index in [4.69, 9.17) is 0 Å². The van der Waals surface area contributed by atoms with E-state index in [1.54, 1.807) is 0 Å². The fraction of sp³-hybridized carbons (Fsp3) is 0.579. The molecule has 1 saturated heterocycles. The minimum absolute atomic E-state index is 0.115. The van der Waals surface area contributed by atoms with Crippen molar-refractivity contribution in [2.45, 2.75) is 51.5 Å². The highest BCUT2D eigenvalue weighted by atomic mass is 16.4. The van der Waals surface area contributed by atoms with Crippen molar-refractivity contribution in [1.82, 2.24) is 4.90 Å². The molecule has 1 saturated carbocycles. The van der Waals surface area contributed by atoms with E-state index in [2.05, 4.69) is 31.2 Å². The summed E-state index contributed by atoms with van der Waals surface area (Å²) in [6.07, 6.45) is 4.92. The van der Waals surface area contributed by atoms with Crippen LogP contribution in [-0.4, -0.2) is 28.4 Å². The summed E-state index contributed by atoms with van der Waals surface area (Å²) in [5.74, 6) is -1.05. The average molecular weight is 315 g/mol. The van der Waals surface area contributed by atoms with E-state index in [1.165, 1.54) is 11.1 Å². The lowest BCUT2D eigenvalue weighted by atomic mass is 9.80. The van der Waals surface area contributed by atoms with E-state index < -0.39 is 5.97 Å². The zero-order valence-electron chi connectivity index (χ0n) is 13.7. The summed E-state index contributed by atoms with van der Waals surface area (Å²) in [6.45, 7) is 2.86. The number of carboxylic acids is 1. The lowest BCUT2D eigenvalue weighted by Crippen LogP contribution is -2.38. The molecule has 3 unspecified atom stereocenters. The summed E-state index contributed by atoms with van der Waals surface area (Å²) in [6, 6.07) is 8.58. The molecule has 0 radical (unpaired) electrons. The maximum Gasteiger partial charge on any atom is 0.306 e. The van der Waals surface area contributed by atoms with Crippen molar-refractivity contribution >= 4 is 11.9 Å². The molecule has 2 fully saturated rings. The molecule has 124 valence electrons. The summed E-state index contributed by atoms with van der Waals surface area (Å²) in [4.78, 5) is 26.2. The van der Waals surface area contributed by atoms with Crippen molar-refractivity contribution in [2.24, 2.45) is 11.8 Å². The van der Waals surface area contributed by atoms with Crippen LogP contribution in [0.3, 0.4) is 0 Å². The van der Waals surface area contributed by atoms with Gasteiger partial charge < -0.3 is 10.0 Å². The number of benzene rings is 1. The van der Waals surface area contributed by atoms with Gasteiger partial charge in [0.25, 0.3) is 0 Å². The van der Waals surface area contributed by atoms with Crippen LogP contribution in [0.2, 0.25) is 0 Å². The quantitative estimate of drug-likeness (QED) is 0.928. The van der Waals surface area contributed by atoms with Crippen LogP contribution in [0.1, 0.15) is 55.7 Å². The number of aliphatic carboxylic acids is 1. The van der Waals surface area contributed by atoms with Crippen LogP contribution in [0.25, 0.3) is 0 Å². The summed E-state index contributed by atoms with van der Waals surface area (Å²) >= 11 is 0. The summed E-state index contributed by atoms with van der Waals surface area (Å²) < 4.78 is 0. The lowest BCUT2D eigenvalue weighted by molar-refractivity contribution is -0.145. The zero-order valence-corrected chi connectivity index (χ0v) is 13.7. The van der Waals surface area contributed by atoms with Crippen LogP contribution >= 0.6 is 0 Å². The molecule has 2 aliphatic rings. The Labute approximate surface area is 137 Å². The van der Waals surface area contributed by atoms with E-state index in [0.29, 0.717) is 12.8 Å². The van der Waals surface area contributed by atoms with Gasteiger partial charge in [-0.25, -0.2) is 0 Å². The van der Waals surface area contributed by atoms with Crippen molar-refractivity contribution in [3.63, 3.8) is 0 Å². The SMILES string of the molecule is Cc1ccc(C2CCCN2C(=O)C2CCCC(C(=O)O)C2)cc1. The van der Waals surface area contributed by atoms with Gasteiger partial charge >= 0.3 is 5.97 Å². The number of nitrogens with zero attached hydrogens (tertiary/aromatic N) is 1. The first-order valence-corrected chi connectivity index (χ1v) is 8.66. The van der Waals surface area contributed by atoms with E-state index >= 15 is 0 Å². The third kappa shape index (κ3) is 3.41. The second-order valence-electron chi connectivity index (χ2n) is 7.00. The van der Waals surface area contributed by atoms with Gasteiger partial charge in [-0.1, -0.05) is 36.2 Å². The summed E-state index contributed by atoms with van der Waals surface area (Å²) in [5, 5.41) is 9.23. The normalized spacial score (nSPS) is 27.9. The molecular weight excluding hydrogens is 290 g/mol. The van der Waals surface area contributed by atoms with Crippen molar-refractivity contribution in [3.8, 4) is 0 Å². The number of amides is 1. The van der Waals surface area contributed by atoms with Crippen molar-refractivity contribution in [2.75, 3.05) is 6.54 Å². The molecule has 1 aromatic carbocycles. The maximum atomic E-state index is 13.0. The van der Waals surface area contributed by atoms with E-state index in [1.807, 2.05) is 4.90 Å². The van der Waals surface area contributed by atoms with Crippen molar-refractivity contribution in [3.05, 3.63) is 35.4 Å². The number of carbonyl (C=O) groups excluding carboxylic acids is 1. The predicted molar refractivity (Wildman–Crippen MR) is 88.0 cm³/mol. The monoisotopic (exact) mass is 315 g/mol. The Balaban J connectivity index is 1.73. The predicted octanol–water partition coefficient (Wildman–Crippen LogP) is 3.55. The molecule has 23 heavy (non-hydrogen) atoms. The van der Waals surface area contributed by atoms with Crippen LogP contribution in [0.15, 0.2) is 24.3 Å².